The standard InChI is InChI=1S/C50H31N5S/c1-2-13-33(14-3-1)48-52-49(34-26-24-32(25-27-34)36-18-12-19-40-39-17-6-9-23-46(39)56-47(36)40)54-50(53-48)35-28-29-41(42-20-10-11-30-51-42)45(31-35)55-43-21-7-4-15-37(43)38-16-5-8-22-44(38)55/h1-31H. The maximum Gasteiger partial charge on any atom is 0.164 e. The SMILES string of the molecule is c1ccc(-c2nc(-c3ccc(-c4cccc5c4sc4ccccc45)cc3)nc(-c3ccc(-c4ccccn4)c(-n4c5ccccc5c5ccccc54)c3)n2)cc1. The Balaban J connectivity index is 1.08. The number of aromatic nitrogens is 5. The monoisotopic (exact) mass is 733 g/mol. The van der Waals surface area contributed by atoms with Gasteiger partial charge in [-0.3, -0.25) is 4.98 Å². The molecule has 11 aromatic rings. The zero-order chi connectivity index (χ0) is 37.0. The van der Waals surface area contributed by atoms with Crippen LogP contribution in [0, 0.1) is 0 Å². The number of pyridine rings is 1. The van der Waals surface area contributed by atoms with E-state index >= 15 is 0 Å². The van der Waals surface area contributed by atoms with Gasteiger partial charge in [-0.05, 0) is 53.6 Å². The third kappa shape index (κ3) is 5.38. The third-order valence-corrected chi connectivity index (χ3v) is 11.8. The number of hydrogen-bond acceptors (Lipinski definition) is 5. The fourth-order valence-corrected chi connectivity index (χ4v) is 9.14. The normalized spacial score (nSPS) is 11.6. The van der Waals surface area contributed by atoms with Crippen LogP contribution in [0.25, 0.3) is 104 Å². The minimum atomic E-state index is 0.600. The molecule has 0 radical (unpaired) electrons. The zero-order valence-electron chi connectivity index (χ0n) is 30.0. The van der Waals surface area contributed by atoms with Crippen LogP contribution >= 0.6 is 11.3 Å². The number of hydrogen-bond donors (Lipinski definition) is 0. The van der Waals surface area contributed by atoms with Crippen molar-refractivity contribution in [1.82, 2.24) is 24.5 Å². The van der Waals surface area contributed by atoms with Crippen LogP contribution in [0.5, 0.6) is 0 Å². The summed E-state index contributed by atoms with van der Waals surface area (Å²) in [6, 6.07) is 63.6. The molecule has 0 atom stereocenters. The van der Waals surface area contributed by atoms with Crippen molar-refractivity contribution in [3.63, 3.8) is 0 Å². The molecule has 5 nitrogen and oxygen atoms in total. The predicted molar refractivity (Wildman–Crippen MR) is 232 cm³/mol. The highest BCUT2D eigenvalue weighted by atomic mass is 32.1. The molecule has 4 heterocycles. The average Bonchev–Trinajstić information content (AvgIpc) is 3.83. The Morgan fingerprint density at radius 3 is 1.68 bits per heavy atom. The van der Waals surface area contributed by atoms with Crippen LogP contribution in [-0.4, -0.2) is 24.5 Å². The van der Waals surface area contributed by atoms with Crippen molar-refractivity contribution < 1.29 is 0 Å². The molecule has 262 valence electrons. The van der Waals surface area contributed by atoms with Crippen molar-refractivity contribution in [2.45, 2.75) is 0 Å². The number of thiophene rings is 1. The van der Waals surface area contributed by atoms with Crippen LogP contribution < -0.4 is 0 Å². The van der Waals surface area contributed by atoms with Gasteiger partial charge in [0.1, 0.15) is 0 Å². The number of para-hydroxylation sites is 2. The first-order valence-corrected chi connectivity index (χ1v) is 19.5. The fraction of sp³-hybridized carbons (Fsp3) is 0. The van der Waals surface area contributed by atoms with E-state index in [9.17, 15) is 0 Å². The molecule has 7 aromatic carbocycles. The van der Waals surface area contributed by atoms with E-state index in [1.807, 2.05) is 60.0 Å². The van der Waals surface area contributed by atoms with Gasteiger partial charge in [0.15, 0.2) is 17.5 Å². The van der Waals surface area contributed by atoms with E-state index in [-0.39, 0.29) is 0 Å². The van der Waals surface area contributed by atoms with Crippen molar-refractivity contribution in [3.05, 3.63) is 188 Å². The Hall–Kier alpha value is -7.28. The molecule has 0 bridgehead atoms. The maximum atomic E-state index is 5.19. The van der Waals surface area contributed by atoms with E-state index in [0.29, 0.717) is 17.5 Å². The fourth-order valence-electron chi connectivity index (χ4n) is 7.90. The van der Waals surface area contributed by atoms with E-state index in [1.165, 1.54) is 36.5 Å². The van der Waals surface area contributed by atoms with Gasteiger partial charge in [-0.15, -0.1) is 11.3 Å². The van der Waals surface area contributed by atoms with Crippen molar-refractivity contribution in [2.24, 2.45) is 0 Å². The Kier molecular flexibility index (Phi) is 7.60. The van der Waals surface area contributed by atoms with E-state index in [0.717, 1.165) is 50.2 Å². The lowest BCUT2D eigenvalue weighted by Gasteiger charge is -2.16. The second-order valence-corrected chi connectivity index (χ2v) is 14.9. The minimum absolute atomic E-state index is 0.600. The number of fused-ring (bicyclic) bond motifs is 6. The van der Waals surface area contributed by atoms with Gasteiger partial charge in [-0.25, -0.2) is 15.0 Å². The first kappa shape index (κ1) is 32.2. The molecular weight excluding hydrogens is 703 g/mol. The molecule has 0 aliphatic carbocycles. The molecule has 11 rings (SSSR count). The molecule has 56 heavy (non-hydrogen) atoms. The summed E-state index contributed by atoms with van der Waals surface area (Å²) in [5, 5.41) is 4.98. The number of benzene rings is 7. The smallest absolute Gasteiger partial charge is 0.164 e. The minimum Gasteiger partial charge on any atom is -0.309 e. The zero-order valence-corrected chi connectivity index (χ0v) is 30.9. The van der Waals surface area contributed by atoms with Crippen LogP contribution in [0.15, 0.2) is 188 Å². The Labute approximate surface area is 326 Å². The summed E-state index contributed by atoms with van der Waals surface area (Å²) >= 11 is 1.84. The van der Waals surface area contributed by atoms with Gasteiger partial charge in [0.25, 0.3) is 0 Å². The van der Waals surface area contributed by atoms with Gasteiger partial charge < -0.3 is 4.57 Å². The van der Waals surface area contributed by atoms with Gasteiger partial charge in [0.2, 0.25) is 0 Å². The van der Waals surface area contributed by atoms with E-state index < -0.39 is 0 Å². The second-order valence-electron chi connectivity index (χ2n) is 13.8. The predicted octanol–water partition coefficient (Wildman–Crippen LogP) is 13.1. The summed E-state index contributed by atoms with van der Waals surface area (Å²) in [6.45, 7) is 0. The van der Waals surface area contributed by atoms with Crippen LogP contribution in [0.3, 0.4) is 0 Å². The highest BCUT2D eigenvalue weighted by Gasteiger charge is 2.19. The van der Waals surface area contributed by atoms with Gasteiger partial charge in [-0.1, -0.05) is 140 Å². The highest BCUT2D eigenvalue weighted by molar-refractivity contribution is 7.26. The second kappa shape index (κ2) is 13.2. The summed E-state index contributed by atoms with van der Waals surface area (Å²) in [5.41, 5.74) is 10.3. The molecule has 0 saturated heterocycles. The summed E-state index contributed by atoms with van der Waals surface area (Å²) in [6.07, 6.45) is 1.84. The number of rotatable bonds is 6. The average molecular weight is 734 g/mol. The molecule has 0 N–H and O–H groups in total. The van der Waals surface area contributed by atoms with Gasteiger partial charge in [0, 0.05) is 59.4 Å². The quantitative estimate of drug-likeness (QED) is 0.171. The van der Waals surface area contributed by atoms with Gasteiger partial charge in [-0.2, -0.15) is 0 Å². The lowest BCUT2D eigenvalue weighted by atomic mass is 10.0. The lowest BCUT2D eigenvalue weighted by Crippen LogP contribution is -2.02. The Bertz CT molecular complexity index is 3190. The topological polar surface area (TPSA) is 56.5 Å². The largest absolute Gasteiger partial charge is 0.309 e. The lowest BCUT2D eigenvalue weighted by molar-refractivity contribution is 1.07. The summed E-state index contributed by atoms with van der Waals surface area (Å²) in [4.78, 5) is 20.2. The van der Waals surface area contributed by atoms with Crippen LogP contribution in [-0.2, 0) is 0 Å². The summed E-state index contributed by atoms with van der Waals surface area (Å²) in [7, 11) is 0. The van der Waals surface area contributed by atoms with E-state index in [1.54, 1.807) is 0 Å². The van der Waals surface area contributed by atoms with Gasteiger partial charge in [0.05, 0.1) is 22.4 Å². The molecule has 0 spiro atoms. The molecule has 0 amide bonds. The summed E-state index contributed by atoms with van der Waals surface area (Å²) in [5.74, 6) is 1.84. The molecule has 0 aliphatic rings. The van der Waals surface area contributed by atoms with E-state index in [2.05, 4.69) is 144 Å². The maximum absolute atomic E-state index is 5.19. The first-order valence-electron chi connectivity index (χ1n) is 18.6. The third-order valence-electron chi connectivity index (χ3n) is 10.5. The Morgan fingerprint density at radius 1 is 0.393 bits per heavy atom. The highest BCUT2D eigenvalue weighted by Crippen LogP contribution is 2.41. The van der Waals surface area contributed by atoms with Crippen LogP contribution in [0.2, 0.25) is 0 Å². The Morgan fingerprint density at radius 2 is 0.964 bits per heavy atom. The molecular formula is C50H31N5S. The molecule has 4 aromatic heterocycles. The van der Waals surface area contributed by atoms with Crippen LogP contribution in [0.4, 0.5) is 0 Å². The molecule has 0 aliphatic heterocycles. The van der Waals surface area contributed by atoms with Gasteiger partial charge >= 0.3 is 0 Å². The van der Waals surface area contributed by atoms with Crippen LogP contribution in [0.1, 0.15) is 0 Å². The van der Waals surface area contributed by atoms with E-state index in [4.69, 9.17) is 19.9 Å². The molecule has 0 fully saturated rings. The summed E-state index contributed by atoms with van der Waals surface area (Å²) < 4.78 is 4.93. The molecule has 6 heteroatoms. The van der Waals surface area contributed by atoms with Crippen molar-refractivity contribution in [2.75, 3.05) is 0 Å². The first-order chi connectivity index (χ1) is 27.8. The van der Waals surface area contributed by atoms with Crippen molar-refractivity contribution in [3.8, 4) is 62.2 Å². The molecule has 0 saturated carbocycles. The van der Waals surface area contributed by atoms with Crippen molar-refractivity contribution >= 4 is 53.3 Å². The molecule has 0 unspecified atom stereocenters. The van der Waals surface area contributed by atoms with Crippen molar-refractivity contribution in [1.29, 1.82) is 0 Å². The number of nitrogens with zero attached hydrogens (tertiary/aromatic N) is 5.